The normalized spacial score (nSPS) is 11.4. The molecule has 0 atom stereocenters. The molecule has 0 aliphatic rings. The number of benzene rings is 1. The summed E-state index contributed by atoms with van der Waals surface area (Å²) < 4.78 is 20.0. The first-order valence-corrected chi connectivity index (χ1v) is 9.12. The van der Waals surface area contributed by atoms with Crippen molar-refractivity contribution in [2.24, 2.45) is 0 Å². The number of aromatic nitrogens is 3. The minimum absolute atomic E-state index is 0.0799. The molecule has 28 heavy (non-hydrogen) atoms. The quantitative estimate of drug-likeness (QED) is 0.468. The first-order valence-electron chi connectivity index (χ1n) is 9.12. The van der Waals surface area contributed by atoms with Gasteiger partial charge in [0.05, 0.1) is 17.1 Å². The third-order valence-corrected chi connectivity index (χ3v) is 4.39. The first kappa shape index (κ1) is 19.7. The summed E-state index contributed by atoms with van der Waals surface area (Å²) in [5, 5.41) is 4.91. The van der Waals surface area contributed by atoms with Crippen LogP contribution in [-0.2, 0) is 4.74 Å². The average Bonchev–Trinajstić information content (AvgIpc) is 3.09. The van der Waals surface area contributed by atoms with E-state index in [9.17, 15) is 14.0 Å². The number of hydrogen-bond donors (Lipinski definition) is 0. The van der Waals surface area contributed by atoms with Crippen LogP contribution in [0.5, 0.6) is 0 Å². The summed E-state index contributed by atoms with van der Waals surface area (Å²) in [5.74, 6) is -1.35. The molecule has 0 amide bonds. The number of esters is 1. The van der Waals surface area contributed by atoms with E-state index >= 15 is 0 Å². The van der Waals surface area contributed by atoms with Crippen LogP contribution in [-0.4, -0.2) is 33.1 Å². The number of pyridine rings is 1. The molecule has 0 aliphatic heterocycles. The standard InChI is InChI=1S/C21H22FN3O3/c1-12(2)18-9-16(17-10-23-25(13(3)4)20(17)24-18)21(27)28-11-19(26)14-5-7-15(22)8-6-14/h5-10,12-13H,11H2,1-4H3. The van der Waals surface area contributed by atoms with Gasteiger partial charge in [0, 0.05) is 17.3 Å². The largest absolute Gasteiger partial charge is 0.454 e. The molecule has 2 heterocycles. The van der Waals surface area contributed by atoms with Crippen LogP contribution in [0.3, 0.4) is 0 Å². The first-order chi connectivity index (χ1) is 13.3. The summed E-state index contributed by atoms with van der Waals surface area (Å²) in [4.78, 5) is 29.5. The second kappa shape index (κ2) is 7.88. The number of nitrogens with zero attached hydrogens (tertiary/aromatic N) is 3. The Morgan fingerprint density at radius 1 is 1.14 bits per heavy atom. The number of ketones is 1. The third kappa shape index (κ3) is 3.93. The Hall–Kier alpha value is -3.09. The maximum atomic E-state index is 13.0. The van der Waals surface area contributed by atoms with Crippen LogP contribution in [0.2, 0.25) is 0 Å². The summed E-state index contributed by atoms with van der Waals surface area (Å²) in [6.07, 6.45) is 1.59. The molecule has 0 saturated carbocycles. The van der Waals surface area contributed by atoms with Crippen LogP contribution in [0.4, 0.5) is 4.39 Å². The fourth-order valence-electron chi connectivity index (χ4n) is 2.81. The molecule has 1 aromatic carbocycles. The van der Waals surface area contributed by atoms with Crippen molar-refractivity contribution >= 4 is 22.8 Å². The fourth-order valence-corrected chi connectivity index (χ4v) is 2.81. The summed E-state index contributed by atoms with van der Waals surface area (Å²) in [5.41, 5.74) is 1.96. The molecule has 0 saturated heterocycles. The minimum Gasteiger partial charge on any atom is -0.454 e. The third-order valence-electron chi connectivity index (χ3n) is 4.39. The Bertz CT molecular complexity index is 1020. The molecule has 0 aliphatic carbocycles. The summed E-state index contributed by atoms with van der Waals surface area (Å²) in [6.45, 7) is 7.50. The smallest absolute Gasteiger partial charge is 0.339 e. The number of carbonyl (C=O) groups excluding carboxylic acids is 2. The van der Waals surface area contributed by atoms with Gasteiger partial charge in [0.15, 0.2) is 18.0 Å². The number of fused-ring (bicyclic) bond motifs is 1. The Morgan fingerprint density at radius 3 is 2.43 bits per heavy atom. The van der Waals surface area contributed by atoms with Crippen molar-refractivity contribution in [1.82, 2.24) is 14.8 Å². The highest BCUT2D eigenvalue weighted by molar-refractivity contribution is 6.04. The van der Waals surface area contributed by atoms with Gasteiger partial charge in [-0.3, -0.25) is 4.79 Å². The van der Waals surface area contributed by atoms with E-state index in [4.69, 9.17) is 4.74 Å². The van der Waals surface area contributed by atoms with Crippen LogP contribution in [0, 0.1) is 5.82 Å². The molecular formula is C21H22FN3O3. The Kier molecular flexibility index (Phi) is 5.53. The Balaban J connectivity index is 1.88. The van der Waals surface area contributed by atoms with Gasteiger partial charge in [-0.1, -0.05) is 13.8 Å². The van der Waals surface area contributed by atoms with Gasteiger partial charge >= 0.3 is 5.97 Å². The Morgan fingerprint density at radius 2 is 1.82 bits per heavy atom. The van der Waals surface area contributed by atoms with Gasteiger partial charge in [-0.05, 0) is 50.1 Å². The molecule has 0 N–H and O–H groups in total. The molecular weight excluding hydrogens is 361 g/mol. The zero-order chi connectivity index (χ0) is 20.4. The molecule has 6 nitrogen and oxygen atoms in total. The second-order valence-corrected chi connectivity index (χ2v) is 7.18. The molecule has 0 bridgehead atoms. The molecule has 7 heteroatoms. The van der Waals surface area contributed by atoms with E-state index < -0.39 is 24.2 Å². The summed E-state index contributed by atoms with van der Waals surface area (Å²) >= 11 is 0. The molecule has 0 radical (unpaired) electrons. The fraction of sp³-hybridized carbons (Fsp3) is 0.333. The van der Waals surface area contributed by atoms with Crippen molar-refractivity contribution in [1.29, 1.82) is 0 Å². The lowest BCUT2D eigenvalue weighted by atomic mass is 10.1. The van der Waals surface area contributed by atoms with Crippen molar-refractivity contribution in [3.05, 3.63) is 59.2 Å². The van der Waals surface area contributed by atoms with Gasteiger partial charge in [-0.25, -0.2) is 18.9 Å². The topological polar surface area (TPSA) is 74.1 Å². The maximum absolute atomic E-state index is 13.0. The van der Waals surface area contributed by atoms with Crippen LogP contribution in [0.1, 0.15) is 66.1 Å². The predicted octanol–water partition coefficient (Wildman–Crippen LogP) is 4.31. The molecule has 0 unspecified atom stereocenters. The number of Topliss-reactive ketones (excluding diaryl/α,β-unsaturated/α-hetero) is 1. The molecule has 0 fully saturated rings. The Labute approximate surface area is 162 Å². The van der Waals surface area contributed by atoms with Crippen molar-refractivity contribution < 1.29 is 18.7 Å². The molecule has 3 aromatic rings. The van der Waals surface area contributed by atoms with Gasteiger partial charge in [0.2, 0.25) is 0 Å². The van der Waals surface area contributed by atoms with E-state index in [2.05, 4.69) is 10.1 Å². The molecule has 146 valence electrons. The maximum Gasteiger partial charge on any atom is 0.339 e. The summed E-state index contributed by atoms with van der Waals surface area (Å²) in [7, 11) is 0. The van der Waals surface area contributed by atoms with Gasteiger partial charge < -0.3 is 4.74 Å². The van der Waals surface area contributed by atoms with Gasteiger partial charge in [0.25, 0.3) is 0 Å². The van der Waals surface area contributed by atoms with Crippen LogP contribution in [0.25, 0.3) is 11.0 Å². The number of rotatable bonds is 6. The number of hydrogen-bond acceptors (Lipinski definition) is 5. The van der Waals surface area contributed by atoms with Crippen LogP contribution in [0.15, 0.2) is 36.5 Å². The van der Waals surface area contributed by atoms with E-state index in [-0.39, 0.29) is 17.5 Å². The highest BCUT2D eigenvalue weighted by Gasteiger charge is 2.21. The predicted molar refractivity (Wildman–Crippen MR) is 103 cm³/mol. The minimum atomic E-state index is -0.618. The average molecular weight is 383 g/mol. The van der Waals surface area contributed by atoms with Crippen molar-refractivity contribution in [2.75, 3.05) is 6.61 Å². The highest BCUT2D eigenvalue weighted by atomic mass is 19.1. The van der Waals surface area contributed by atoms with E-state index in [1.807, 2.05) is 27.7 Å². The van der Waals surface area contributed by atoms with Crippen LogP contribution < -0.4 is 0 Å². The molecule has 3 rings (SSSR count). The molecule has 0 spiro atoms. The van der Waals surface area contributed by atoms with E-state index in [1.54, 1.807) is 16.9 Å². The van der Waals surface area contributed by atoms with E-state index in [0.717, 1.165) is 5.69 Å². The van der Waals surface area contributed by atoms with Gasteiger partial charge in [-0.15, -0.1) is 0 Å². The van der Waals surface area contributed by atoms with Gasteiger partial charge in [0.1, 0.15) is 5.82 Å². The lowest BCUT2D eigenvalue weighted by Crippen LogP contribution is -2.15. The summed E-state index contributed by atoms with van der Waals surface area (Å²) in [6, 6.07) is 6.87. The van der Waals surface area contributed by atoms with Crippen molar-refractivity contribution in [2.45, 2.75) is 39.7 Å². The highest BCUT2D eigenvalue weighted by Crippen LogP contribution is 2.25. The monoisotopic (exact) mass is 383 g/mol. The van der Waals surface area contributed by atoms with E-state index in [1.165, 1.54) is 24.3 Å². The number of ether oxygens (including phenoxy) is 1. The zero-order valence-corrected chi connectivity index (χ0v) is 16.3. The zero-order valence-electron chi connectivity index (χ0n) is 16.3. The van der Waals surface area contributed by atoms with Gasteiger partial charge in [-0.2, -0.15) is 5.10 Å². The van der Waals surface area contributed by atoms with Crippen LogP contribution >= 0.6 is 0 Å². The van der Waals surface area contributed by atoms with Crippen molar-refractivity contribution in [3.8, 4) is 0 Å². The SMILES string of the molecule is CC(C)c1cc(C(=O)OCC(=O)c2ccc(F)cc2)c2cnn(C(C)C)c2n1. The molecule has 2 aromatic heterocycles. The lowest BCUT2D eigenvalue weighted by molar-refractivity contribution is 0.0476. The van der Waals surface area contributed by atoms with E-state index in [0.29, 0.717) is 16.6 Å². The van der Waals surface area contributed by atoms with Crippen molar-refractivity contribution in [3.63, 3.8) is 0 Å². The lowest BCUT2D eigenvalue weighted by Gasteiger charge is -2.12. The second-order valence-electron chi connectivity index (χ2n) is 7.18. The number of halogens is 1. The number of carbonyl (C=O) groups is 2.